The molecule has 0 rings (SSSR count). The van der Waals surface area contributed by atoms with Crippen molar-refractivity contribution < 1.29 is 14.3 Å². The highest BCUT2D eigenvalue weighted by Gasteiger charge is 2.15. The van der Waals surface area contributed by atoms with Crippen LogP contribution in [-0.4, -0.2) is 16.9 Å². The molecule has 0 radical (unpaired) electrons. The van der Waals surface area contributed by atoms with Crippen LogP contribution in [0.5, 0.6) is 0 Å². The highest BCUT2D eigenvalue weighted by atomic mass is 127. The van der Waals surface area contributed by atoms with Crippen LogP contribution < -0.4 is 0 Å². The molecule has 72 valence electrons. The molecule has 0 aliphatic heterocycles. The van der Waals surface area contributed by atoms with Crippen molar-refractivity contribution in [1.29, 1.82) is 0 Å². The molecule has 0 aromatic rings. The summed E-state index contributed by atoms with van der Waals surface area (Å²) < 4.78 is 9.48. The lowest BCUT2D eigenvalue weighted by molar-refractivity contribution is 0.0328. The maximum absolute atomic E-state index is 10.9. The summed E-state index contributed by atoms with van der Waals surface area (Å²) in [4.78, 5) is 10.9. The van der Waals surface area contributed by atoms with Gasteiger partial charge < -0.3 is 9.47 Å². The van der Waals surface area contributed by atoms with Crippen molar-refractivity contribution in [2.45, 2.75) is 31.8 Å². The van der Waals surface area contributed by atoms with E-state index in [1.807, 2.05) is 43.4 Å². The second kappa shape index (κ2) is 4.89. The normalized spacial score (nSPS) is 13.8. The SMILES string of the molecule is CC(I)OC(=O)OCC(C)(C)C. The summed E-state index contributed by atoms with van der Waals surface area (Å²) in [6, 6.07) is 0. The average Bonchev–Trinajstić information content (AvgIpc) is 1.80. The maximum Gasteiger partial charge on any atom is 0.509 e. The van der Waals surface area contributed by atoms with Gasteiger partial charge in [-0.1, -0.05) is 20.8 Å². The second-order valence-electron chi connectivity index (χ2n) is 3.76. The number of ether oxygens (including phenoxy) is 2. The predicted molar refractivity (Wildman–Crippen MR) is 55.4 cm³/mol. The Morgan fingerprint density at radius 1 is 1.50 bits per heavy atom. The summed E-state index contributed by atoms with van der Waals surface area (Å²) in [6.07, 6.45) is -0.591. The fourth-order valence-corrected chi connectivity index (χ4v) is 0.650. The number of hydrogen-bond donors (Lipinski definition) is 0. The highest BCUT2D eigenvalue weighted by Crippen LogP contribution is 2.13. The summed E-state index contributed by atoms with van der Waals surface area (Å²) in [6.45, 7) is 8.14. The molecule has 3 nitrogen and oxygen atoms in total. The van der Waals surface area contributed by atoms with Crippen LogP contribution in [0, 0.1) is 5.41 Å². The first-order valence-electron chi connectivity index (χ1n) is 3.79. The summed E-state index contributed by atoms with van der Waals surface area (Å²) in [5.41, 5.74) is -0.00642. The van der Waals surface area contributed by atoms with Gasteiger partial charge in [0.1, 0.15) is 0 Å². The van der Waals surface area contributed by atoms with E-state index in [9.17, 15) is 4.79 Å². The molecule has 0 fully saturated rings. The number of carbonyl (C=O) groups excluding carboxylic acids is 1. The van der Waals surface area contributed by atoms with Gasteiger partial charge in [0.15, 0.2) is 4.11 Å². The molecule has 0 aliphatic carbocycles. The van der Waals surface area contributed by atoms with Gasteiger partial charge in [0.05, 0.1) is 6.61 Å². The molecule has 0 aromatic carbocycles. The number of rotatable bonds is 2. The van der Waals surface area contributed by atoms with Gasteiger partial charge >= 0.3 is 6.16 Å². The Bertz CT molecular complexity index is 149. The quantitative estimate of drug-likeness (QED) is 0.445. The maximum atomic E-state index is 10.9. The van der Waals surface area contributed by atoms with E-state index in [2.05, 4.69) is 0 Å². The molecule has 0 saturated carbocycles. The predicted octanol–water partition coefficient (Wildman–Crippen LogP) is 2.97. The van der Waals surface area contributed by atoms with Gasteiger partial charge in [-0.15, -0.1) is 0 Å². The smallest absolute Gasteiger partial charge is 0.434 e. The van der Waals surface area contributed by atoms with Crippen molar-refractivity contribution in [3.63, 3.8) is 0 Å². The van der Waals surface area contributed by atoms with Crippen LogP contribution in [0.4, 0.5) is 4.79 Å². The average molecular weight is 286 g/mol. The molecule has 0 aromatic heterocycles. The molecular weight excluding hydrogens is 271 g/mol. The van der Waals surface area contributed by atoms with Gasteiger partial charge in [0.25, 0.3) is 0 Å². The Morgan fingerprint density at radius 3 is 2.33 bits per heavy atom. The number of hydrogen-bond acceptors (Lipinski definition) is 3. The third-order valence-corrected chi connectivity index (χ3v) is 1.14. The summed E-state index contributed by atoms with van der Waals surface area (Å²) >= 11 is 2.00. The molecule has 4 heteroatoms. The van der Waals surface area contributed by atoms with E-state index in [0.717, 1.165) is 0 Å². The van der Waals surface area contributed by atoms with Crippen LogP contribution in [0.25, 0.3) is 0 Å². The van der Waals surface area contributed by atoms with Gasteiger partial charge in [-0.3, -0.25) is 0 Å². The molecule has 0 bridgehead atoms. The molecule has 0 spiro atoms. The zero-order valence-electron chi connectivity index (χ0n) is 7.89. The van der Waals surface area contributed by atoms with Gasteiger partial charge in [-0.25, -0.2) is 4.79 Å². The van der Waals surface area contributed by atoms with Crippen LogP contribution in [-0.2, 0) is 9.47 Å². The molecule has 0 N–H and O–H groups in total. The molecule has 1 atom stereocenters. The summed E-state index contributed by atoms with van der Waals surface area (Å²) in [7, 11) is 0. The third kappa shape index (κ3) is 8.10. The van der Waals surface area contributed by atoms with Crippen molar-refractivity contribution >= 4 is 28.7 Å². The Balaban J connectivity index is 3.58. The van der Waals surface area contributed by atoms with E-state index < -0.39 is 6.16 Å². The molecular formula is C8H15IO3. The highest BCUT2D eigenvalue weighted by molar-refractivity contribution is 14.1. The van der Waals surface area contributed by atoms with Gasteiger partial charge in [0.2, 0.25) is 0 Å². The zero-order valence-corrected chi connectivity index (χ0v) is 10.0. The van der Waals surface area contributed by atoms with Crippen molar-refractivity contribution in [3.05, 3.63) is 0 Å². The lowest BCUT2D eigenvalue weighted by atomic mass is 9.99. The first kappa shape index (κ1) is 12.0. The van der Waals surface area contributed by atoms with Gasteiger partial charge in [0, 0.05) is 0 Å². The molecule has 12 heavy (non-hydrogen) atoms. The Morgan fingerprint density at radius 2 is 2.00 bits per heavy atom. The standard InChI is InChI=1S/C8H15IO3/c1-6(9)12-7(10)11-5-8(2,3)4/h6H,5H2,1-4H3. The fraction of sp³-hybridized carbons (Fsp3) is 0.875. The zero-order chi connectivity index (χ0) is 9.78. The van der Waals surface area contributed by atoms with E-state index in [4.69, 9.17) is 9.47 Å². The lowest BCUT2D eigenvalue weighted by Gasteiger charge is -2.17. The third-order valence-electron chi connectivity index (χ3n) is 0.882. The molecule has 0 heterocycles. The summed E-state index contributed by atoms with van der Waals surface area (Å²) in [5, 5.41) is 0. The van der Waals surface area contributed by atoms with Crippen molar-refractivity contribution in [3.8, 4) is 0 Å². The van der Waals surface area contributed by atoms with Crippen LogP contribution in [0.1, 0.15) is 27.7 Å². The minimum atomic E-state index is -0.591. The molecule has 1 unspecified atom stereocenters. The molecule has 0 saturated heterocycles. The Kier molecular flexibility index (Phi) is 4.89. The second-order valence-corrected chi connectivity index (χ2v) is 5.51. The van der Waals surface area contributed by atoms with Crippen LogP contribution >= 0.6 is 22.6 Å². The number of carbonyl (C=O) groups is 1. The van der Waals surface area contributed by atoms with Crippen molar-refractivity contribution in [1.82, 2.24) is 0 Å². The van der Waals surface area contributed by atoms with E-state index >= 15 is 0 Å². The minimum Gasteiger partial charge on any atom is -0.434 e. The topological polar surface area (TPSA) is 35.5 Å². The van der Waals surface area contributed by atoms with Crippen LogP contribution in [0.15, 0.2) is 0 Å². The van der Waals surface area contributed by atoms with Gasteiger partial charge in [-0.05, 0) is 34.9 Å². The van der Waals surface area contributed by atoms with Gasteiger partial charge in [-0.2, -0.15) is 0 Å². The number of alkyl halides is 1. The molecule has 0 aliphatic rings. The van der Waals surface area contributed by atoms with Crippen molar-refractivity contribution in [2.24, 2.45) is 5.41 Å². The monoisotopic (exact) mass is 286 g/mol. The number of halogens is 1. The molecule has 0 amide bonds. The first-order chi connectivity index (χ1) is 5.31. The fourth-order valence-electron chi connectivity index (χ4n) is 0.442. The lowest BCUT2D eigenvalue weighted by Crippen LogP contribution is -2.20. The largest absolute Gasteiger partial charge is 0.509 e. The van der Waals surface area contributed by atoms with Crippen LogP contribution in [0.2, 0.25) is 0 Å². The van der Waals surface area contributed by atoms with E-state index in [0.29, 0.717) is 6.61 Å². The van der Waals surface area contributed by atoms with E-state index in [1.54, 1.807) is 6.92 Å². The summed E-state index contributed by atoms with van der Waals surface area (Å²) in [5.74, 6) is 0. The van der Waals surface area contributed by atoms with E-state index in [1.165, 1.54) is 0 Å². The van der Waals surface area contributed by atoms with E-state index in [-0.39, 0.29) is 9.53 Å². The Hall–Kier alpha value is 0. The Labute approximate surface area is 86.9 Å². The minimum absolute atomic E-state index is 0.00642. The first-order valence-corrected chi connectivity index (χ1v) is 5.03. The van der Waals surface area contributed by atoms with Crippen LogP contribution in [0.3, 0.4) is 0 Å². The van der Waals surface area contributed by atoms with Crippen molar-refractivity contribution in [2.75, 3.05) is 6.61 Å².